The van der Waals surface area contributed by atoms with E-state index in [1.165, 1.54) is 18.0 Å². The predicted molar refractivity (Wildman–Crippen MR) is 70.0 cm³/mol. The highest BCUT2D eigenvalue weighted by Crippen LogP contribution is 2.17. The molecule has 1 amide bonds. The van der Waals surface area contributed by atoms with Crippen molar-refractivity contribution in [2.75, 3.05) is 11.9 Å². The van der Waals surface area contributed by atoms with Crippen molar-refractivity contribution >= 4 is 11.7 Å². The Labute approximate surface area is 119 Å². The second-order valence-corrected chi connectivity index (χ2v) is 4.57. The summed E-state index contributed by atoms with van der Waals surface area (Å²) in [5, 5.41) is 3.64. The van der Waals surface area contributed by atoms with Gasteiger partial charge in [0.25, 0.3) is 5.91 Å². The molecule has 0 saturated carbocycles. The third-order valence-electron chi connectivity index (χ3n) is 2.75. The molecule has 0 atom stereocenters. The maximum absolute atomic E-state index is 12.2. The van der Waals surface area contributed by atoms with Crippen LogP contribution in [0.1, 0.15) is 16.1 Å². The van der Waals surface area contributed by atoms with Crippen molar-refractivity contribution in [3.05, 3.63) is 41.9 Å². The van der Waals surface area contributed by atoms with Gasteiger partial charge in [0.2, 0.25) is 0 Å². The lowest BCUT2D eigenvalue weighted by atomic mass is 10.3. The number of carbonyl (C=O) groups excluding carboxylic acids is 1. The molecule has 2 rings (SSSR count). The Balaban J connectivity index is 2.14. The molecule has 0 aliphatic heterocycles. The van der Waals surface area contributed by atoms with E-state index < -0.39 is 18.6 Å². The minimum absolute atomic E-state index is 0.0656. The normalized spacial score (nSPS) is 11.5. The van der Waals surface area contributed by atoms with Crippen LogP contribution in [0.4, 0.5) is 19.0 Å². The SMILES string of the molecule is Cc1ccc(N(C)C(=O)c2ccn(CC(F)(F)F)n2)nc1. The molecule has 8 heteroatoms. The Morgan fingerprint density at radius 2 is 2.05 bits per heavy atom. The van der Waals surface area contributed by atoms with E-state index in [1.807, 2.05) is 6.92 Å². The van der Waals surface area contributed by atoms with Gasteiger partial charge in [-0.25, -0.2) is 4.98 Å². The van der Waals surface area contributed by atoms with Crippen molar-refractivity contribution < 1.29 is 18.0 Å². The highest BCUT2D eigenvalue weighted by atomic mass is 19.4. The minimum atomic E-state index is -4.38. The first-order valence-corrected chi connectivity index (χ1v) is 6.07. The quantitative estimate of drug-likeness (QED) is 0.874. The molecular formula is C13H13F3N4O. The van der Waals surface area contributed by atoms with Gasteiger partial charge in [0, 0.05) is 19.4 Å². The molecule has 0 aliphatic rings. The number of aromatic nitrogens is 3. The van der Waals surface area contributed by atoms with Crippen LogP contribution in [-0.2, 0) is 6.54 Å². The highest BCUT2D eigenvalue weighted by Gasteiger charge is 2.29. The Hall–Kier alpha value is -2.38. The summed E-state index contributed by atoms with van der Waals surface area (Å²) in [5.41, 5.74) is 0.873. The van der Waals surface area contributed by atoms with Crippen molar-refractivity contribution in [1.29, 1.82) is 0 Å². The molecule has 112 valence electrons. The average Bonchev–Trinajstić information content (AvgIpc) is 2.84. The summed E-state index contributed by atoms with van der Waals surface area (Å²) in [5.74, 6) is -0.122. The van der Waals surface area contributed by atoms with Crippen LogP contribution in [-0.4, -0.2) is 33.9 Å². The number of carbonyl (C=O) groups is 1. The van der Waals surface area contributed by atoms with E-state index in [4.69, 9.17) is 0 Å². The molecule has 2 aromatic rings. The number of rotatable bonds is 3. The Kier molecular flexibility index (Phi) is 3.97. The number of aryl methyl sites for hydroxylation is 1. The van der Waals surface area contributed by atoms with Crippen molar-refractivity contribution in [2.45, 2.75) is 19.6 Å². The first kappa shape index (κ1) is 15.0. The number of anilines is 1. The number of alkyl halides is 3. The van der Waals surface area contributed by atoms with Gasteiger partial charge in [-0.05, 0) is 24.6 Å². The molecule has 21 heavy (non-hydrogen) atoms. The van der Waals surface area contributed by atoms with Crippen molar-refractivity contribution in [3.8, 4) is 0 Å². The van der Waals surface area contributed by atoms with E-state index >= 15 is 0 Å². The molecule has 0 aliphatic carbocycles. The number of halogens is 3. The van der Waals surface area contributed by atoms with E-state index in [0.29, 0.717) is 10.5 Å². The van der Waals surface area contributed by atoms with E-state index in [0.717, 1.165) is 11.8 Å². The second-order valence-electron chi connectivity index (χ2n) is 4.57. The lowest BCUT2D eigenvalue weighted by Gasteiger charge is -2.14. The smallest absolute Gasteiger partial charge is 0.294 e. The van der Waals surface area contributed by atoms with Crippen molar-refractivity contribution in [2.24, 2.45) is 0 Å². The van der Waals surface area contributed by atoms with Gasteiger partial charge >= 0.3 is 6.18 Å². The molecule has 0 spiro atoms. The standard InChI is InChI=1S/C13H13F3N4O/c1-9-3-4-11(17-7-9)19(2)12(21)10-5-6-20(18-10)8-13(14,15)16/h3-7H,8H2,1-2H3. The van der Waals surface area contributed by atoms with E-state index in [-0.39, 0.29) is 5.69 Å². The van der Waals surface area contributed by atoms with Gasteiger partial charge in [-0.3, -0.25) is 14.4 Å². The van der Waals surface area contributed by atoms with Crippen LogP contribution in [0, 0.1) is 6.92 Å². The molecule has 0 aromatic carbocycles. The summed E-state index contributed by atoms with van der Waals surface area (Å²) in [6.45, 7) is 0.629. The van der Waals surface area contributed by atoms with Gasteiger partial charge in [0.15, 0.2) is 5.69 Å². The second kappa shape index (κ2) is 5.55. The van der Waals surface area contributed by atoms with Crippen LogP contribution in [0.5, 0.6) is 0 Å². The number of hydrogen-bond donors (Lipinski definition) is 0. The molecule has 0 saturated heterocycles. The van der Waals surface area contributed by atoms with Gasteiger partial charge in [-0.15, -0.1) is 0 Å². The molecular weight excluding hydrogens is 285 g/mol. The molecule has 0 bridgehead atoms. The van der Waals surface area contributed by atoms with E-state index in [2.05, 4.69) is 10.1 Å². The summed E-state index contributed by atoms with van der Waals surface area (Å²) in [4.78, 5) is 17.5. The van der Waals surface area contributed by atoms with Gasteiger partial charge in [0.1, 0.15) is 12.4 Å². The van der Waals surface area contributed by atoms with E-state index in [1.54, 1.807) is 18.3 Å². The Morgan fingerprint density at radius 1 is 1.33 bits per heavy atom. The number of amides is 1. The lowest BCUT2D eigenvalue weighted by molar-refractivity contribution is -0.142. The predicted octanol–water partition coefficient (Wildman–Crippen LogP) is 2.43. The summed E-state index contributed by atoms with van der Waals surface area (Å²) in [6, 6.07) is 4.69. The molecule has 0 unspecified atom stereocenters. The van der Waals surface area contributed by atoms with Crippen LogP contribution >= 0.6 is 0 Å². The highest BCUT2D eigenvalue weighted by molar-refractivity contribution is 6.03. The van der Waals surface area contributed by atoms with Crippen LogP contribution in [0.15, 0.2) is 30.6 Å². The molecule has 2 heterocycles. The third-order valence-corrected chi connectivity index (χ3v) is 2.75. The van der Waals surface area contributed by atoms with Gasteiger partial charge in [0.05, 0.1) is 0 Å². The summed E-state index contributed by atoms with van der Waals surface area (Å²) in [6.07, 6.45) is -1.66. The minimum Gasteiger partial charge on any atom is -0.294 e. The lowest BCUT2D eigenvalue weighted by Crippen LogP contribution is -2.28. The largest absolute Gasteiger partial charge is 0.408 e. The van der Waals surface area contributed by atoms with Crippen LogP contribution < -0.4 is 4.90 Å². The summed E-state index contributed by atoms with van der Waals surface area (Å²) in [7, 11) is 1.49. The first-order valence-electron chi connectivity index (χ1n) is 6.07. The van der Waals surface area contributed by atoms with Crippen molar-refractivity contribution in [3.63, 3.8) is 0 Å². The first-order chi connectivity index (χ1) is 9.76. The third kappa shape index (κ3) is 3.80. The molecule has 2 aromatic heterocycles. The fraction of sp³-hybridized carbons (Fsp3) is 0.308. The fourth-order valence-electron chi connectivity index (χ4n) is 1.68. The Morgan fingerprint density at radius 3 is 2.62 bits per heavy atom. The molecule has 0 N–H and O–H groups in total. The number of nitrogens with zero attached hydrogens (tertiary/aromatic N) is 4. The number of pyridine rings is 1. The molecule has 0 radical (unpaired) electrons. The Bertz CT molecular complexity index is 634. The maximum atomic E-state index is 12.2. The monoisotopic (exact) mass is 298 g/mol. The van der Waals surface area contributed by atoms with Crippen LogP contribution in [0.25, 0.3) is 0 Å². The topological polar surface area (TPSA) is 51.0 Å². The fourth-order valence-corrected chi connectivity index (χ4v) is 1.68. The average molecular weight is 298 g/mol. The van der Waals surface area contributed by atoms with Gasteiger partial charge in [-0.1, -0.05) is 6.07 Å². The van der Waals surface area contributed by atoms with Gasteiger partial charge in [-0.2, -0.15) is 18.3 Å². The van der Waals surface area contributed by atoms with Crippen LogP contribution in [0.2, 0.25) is 0 Å². The van der Waals surface area contributed by atoms with E-state index in [9.17, 15) is 18.0 Å². The summed E-state index contributed by atoms with van der Waals surface area (Å²) < 4.78 is 37.4. The zero-order valence-electron chi connectivity index (χ0n) is 11.4. The van der Waals surface area contributed by atoms with Crippen LogP contribution in [0.3, 0.4) is 0 Å². The number of hydrogen-bond acceptors (Lipinski definition) is 3. The van der Waals surface area contributed by atoms with Gasteiger partial charge < -0.3 is 0 Å². The van der Waals surface area contributed by atoms with Crippen molar-refractivity contribution in [1.82, 2.24) is 14.8 Å². The molecule has 0 fully saturated rings. The molecule has 5 nitrogen and oxygen atoms in total. The zero-order chi connectivity index (χ0) is 15.6. The zero-order valence-corrected chi connectivity index (χ0v) is 11.4. The summed E-state index contributed by atoms with van der Waals surface area (Å²) >= 11 is 0. The maximum Gasteiger partial charge on any atom is 0.408 e.